The number of aryl methyl sites for hydroxylation is 2. The average Bonchev–Trinajstić information content (AvgIpc) is 2.99. The Hall–Kier alpha value is -2.83. The van der Waals surface area contributed by atoms with Crippen LogP contribution in [0.2, 0.25) is 0 Å². The van der Waals surface area contributed by atoms with Crippen LogP contribution in [0.3, 0.4) is 0 Å². The highest BCUT2D eigenvalue weighted by Crippen LogP contribution is 2.25. The summed E-state index contributed by atoms with van der Waals surface area (Å²) in [6.45, 7) is 6.04. The number of carbonyl (C=O) groups is 3. The highest BCUT2D eigenvalue weighted by Gasteiger charge is 2.14. The summed E-state index contributed by atoms with van der Waals surface area (Å²) in [7, 11) is 0. The predicted molar refractivity (Wildman–Crippen MR) is 99.2 cm³/mol. The van der Waals surface area contributed by atoms with Crippen LogP contribution in [0.25, 0.3) is 11.0 Å². The van der Waals surface area contributed by atoms with Crippen LogP contribution in [-0.2, 0) is 30.3 Å². The molecule has 0 aliphatic carbocycles. The number of ether oxygens (including phenoxy) is 2. The lowest BCUT2D eigenvalue weighted by Crippen LogP contribution is -2.30. The van der Waals surface area contributed by atoms with Crippen molar-refractivity contribution in [1.29, 1.82) is 0 Å². The first-order chi connectivity index (χ1) is 12.9. The van der Waals surface area contributed by atoms with E-state index in [1.165, 1.54) is 0 Å². The van der Waals surface area contributed by atoms with E-state index in [1.54, 1.807) is 13.2 Å². The van der Waals surface area contributed by atoms with Gasteiger partial charge in [0, 0.05) is 23.9 Å². The molecule has 2 aromatic rings. The molecule has 0 atom stereocenters. The summed E-state index contributed by atoms with van der Waals surface area (Å²) >= 11 is 0. The second kappa shape index (κ2) is 9.75. The van der Waals surface area contributed by atoms with Gasteiger partial charge in [-0.1, -0.05) is 0 Å². The molecule has 0 aliphatic heterocycles. The molecule has 0 aliphatic rings. The third-order valence-corrected chi connectivity index (χ3v) is 4.15. The molecule has 0 spiro atoms. The zero-order chi connectivity index (χ0) is 19.8. The van der Waals surface area contributed by atoms with Gasteiger partial charge in [-0.25, -0.2) is 0 Å². The fourth-order valence-corrected chi connectivity index (χ4v) is 2.57. The Morgan fingerprint density at radius 3 is 2.56 bits per heavy atom. The summed E-state index contributed by atoms with van der Waals surface area (Å²) in [5.74, 6) is -1.20. The molecule has 0 fully saturated rings. The maximum absolute atomic E-state index is 12.0. The lowest BCUT2D eigenvalue weighted by molar-refractivity contribution is -0.147. The minimum Gasteiger partial charge on any atom is -0.466 e. The Morgan fingerprint density at radius 1 is 1.07 bits per heavy atom. The number of hydrogen-bond acceptors (Lipinski definition) is 6. The summed E-state index contributed by atoms with van der Waals surface area (Å²) in [5, 5.41) is 3.47. The van der Waals surface area contributed by atoms with Crippen molar-refractivity contribution in [3.05, 3.63) is 35.1 Å². The Morgan fingerprint density at radius 2 is 1.81 bits per heavy atom. The number of furan rings is 1. The van der Waals surface area contributed by atoms with Crippen LogP contribution in [0.5, 0.6) is 0 Å². The van der Waals surface area contributed by atoms with Gasteiger partial charge >= 0.3 is 11.9 Å². The van der Waals surface area contributed by atoms with Gasteiger partial charge in [0.2, 0.25) is 0 Å². The molecule has 1 N–H and O–H groups in total. The highest BCUT2D eigenvalue weighted by molar-refractivity contribution is 5.87. The molecule has 0 saturated carbocycles. The molecular weight excluding hydrogens is 350 g/mol. The molecule has 0 unspecified atom stereocenters. The summed E-state index contributed by atoms with van der Waals surface area (Å²) < 4.78 is 15.3. The van der Waals surface area contributed by atoms with Crippen molar-refractivity contribution < 1.29 is 28.3 Å². The smallest absolute Gasteiger partial charge is 0.310 e. The predicted octanol–water partition coefficient (Wildman–Crippen LogP) is 2.59. The molecule has 0 saturated heterocycles. The second-order valence-corrected chi connectivity index (χ2v) is 6.29. The van der Waals surface area contributed by atoms with Crippen molar-refractivity contribution in [2.45, 2.75) is 40.0 Å². The van der Waals surface area contributed by atoms with E-state index < -0.39 is 11.9 Å². The van der Waals surface area contributed by atoms with Gasteiger partial charge in [0.25, 0.3) is 5.91 Å². The molecule has 1 aromatic carbocycles. The average molecular weight is 375 g/mol. The van der Waals surface area contributed by atoms with E-state index in [0.29, 0.717) is 19.6 Å². The van der Waals surface area contributed by atoms with Crippen LogP contribution in [-0.4, -0.2) is 37.6 Å². The fraction of sp³-hybridized carbons (Fsp3) is 0.450. The van der Waals surface area contributed by atoms with E-state index in [9.17, 15) is 14.4 Å². The molecule has 146 valence electrons. The van der Waals surface area contributed by atoms with E-state index in [-0.39, 0.29) is 25.4 Å². The maximum atomic E-state index is 12.0. The Balaban J connectivity index is 1.74. The number of amides is 1. The van der Waals surface area contributed by atoms with Crippen molar-refractivity contribution in [3.63, 3.8) is 0 Å². The third kappa shape index (κ3) is 6.13. The minimum atomic E-state index is -0.502. The summed E-state index contributed by atoms with van der Waals surface area (Å²) in [6.07, 6.45) is 2.28. The highest BCUT2D eigenvalue weighted by atomic mass is 16.5. The number of hydrogen-bond donors (Lipinski definition) is 1. The first-order valence-corrected chi connectivity index (χ1v) is 8.96. The van der Waals surface area contributed by atoms with Gasteiger partial charge in [0.1, 0.15) is 5.58 Å². The van der Waals surface area contributed by atoms with Gasteiger partial charge in [-0.15, -0.1) is 0 Å². The Bertz CT molecular complexity index is 823. The first-order valence-electron chi connectivity index (χ1n) is 8.96. The molecule has 0 radical (unpaired) electrons. The zero-order valence-corrected chi connectivity index (χ0v) is 15.9. The van der Waals surface area contributed by atoms with E-state index in [0.717, 1.165) is 27.7 Å². The topological polar surface area (TPSA) is 94.8 Å². The van der Waals surface area contributed by atoms with Crippen molar-refractivity contribution in [1.82, 2.24) is 5.32 Å². The number of benzene rings is 1. The molecule has 7 nitrogen and oxygen atoms in total. The standard InChI is InChI=1S/C20H25NO6/c1-4-25-19(23)6-5-7-21-18(22)12-27-20(24)10-15-11-26-17-9-14(3)13(2)8-16(15)17/h8-9,11H,4-7,10,12H2,1-3H3,(H,21,22). The van der Waals surface area contributed by atoms with Gasteiger partial charge < -0.3 is 19.2 Å². The van der Waals surface area contributed by atoms with Crippen LogP contribution in [0.15, 0.2) is 22.8 Å². The molecule has 7 heteroatoms. The molecule has 2 rings (SSSR count). The van der Waals surface area contributed by atoms with E-state index >= 15 is 0 Å². The van der Waals surface area contributed by atoms with E-state index in [4.69, 9.17) is 13.9 Å². The van der Waals surface area contributed by atoms with Crippen LogP contribution in [0.4, 0.5) is 0 Å². The van der Waals surface area contributed by atoms with Gasteiger partial charge in [0.15, 0.2) is 6.61 Å². The molecule has 0 bridgehead atoms. The largest absolute Gasteiger partial charge is 0.466 e. The van der Waals surface area contributed by atoms with Crippen molar-refractivity contribution in [3.8, 4) is 0 Å². The van der Waals surface area contributed by atoms with E-state index in [1.807, 2.05) is 26.0 Å². The SMILES string of the molecule is CCOC(=O)CCCNC(=O)COC(=O)Cc1coc2cc(C)c(C)cc12. The quantitative estimate of drug-likeness (QED) is 0.535. The van der Waals surface area contributed by atoms with Crippen LogP contribution >= 0.6 is 0 Å². The number of carbonyl (C=O) groups excluding carboxylic acids is 3. The minimum absolute atomic E-state index is 0.0334. The van der Waals surface area contributed by atoms with Crippen LogP contribution in [0, 0.1) is 13.8 Å². The van der Waals surface area contributed by atoms with Gasteiger partial charge in [-0.05, 0) is 50.5 Å². The number of rotatable bonds is 9. The Kier molecular flexibility index (Phi) is 7.40. The van der Waals surface area contributed by atoms with E-state index in [2.05, 4.69) is 5.32 Å². The molecular formula is C20H25NO6. The number of nitrogens with one attached hydrogen (secondary N) is 1. The van der Waals surface area contributed by atoms with Gasteiger partial charge in [0.05, 0.1) is 19.3 Å². The van der Waals surface area contributed by atoms with Crippen LogP contribution in [0.1, 0.15) is 36.5 Å². The summed E-state index contributed by atoms with van der Waals surface area (Å²) in [4.78, 5) is 34.9. The normalized spacial score (nSPS) is 10.6. The fourth-order valence-electron chi connectivity index (χ4n) is 2.57. The lowest BCUT2D eigenvalue weighted by Gasteiger charge is -2.06. The zero-order valence-electron chi connectivity index (χ0n) is 15.9. The summed E-state index contributed by atoms with van der Waals surface area (Å²) in [6, 6.07) is 3.91. The molecule has 27 heavy (non-hydrogen) atoms. The van der Waals surface area contributed by atoms with Gasteiger partial charge in [-0.3, -0.25) is 14.4 Å². The maximum Gasteiger partial charge on any atom is 0.310 e. The van der Waals surface area contributed by atoms with Crippen LogP contribution < -0.4 is 5.32 Å². The van der Waals surface area contributed by atoms with Crippen molar-refractivity contribution in [2.24, 2.45) is 0 Å². The first kappa shape index (κ1) is 20.5. The van der Waals surface area contributed by atoms with Crippen molar-refractivity contribution >= 4 is 28.8 Å². The molecule has 1 amide bonds. The third-order valence-electron chi connectivity index (χ3n) is 4.15. The second-order valence-electron chi connectivity index (χ2n) is 6.29. The Labute approximate surface area is 158 Å². The number of esters is 2. The molecule has 1 heterocycles. The summed E-state index contributed by atoms with van der Waals surface area (Å²) in [5.41, 5.74) is 3.68. The monoisotopic (exact) mass is 375 g/mol. The van der Waals surface area contributed by atoms with Crippen molar-refractivity contribution in [2.75, 3.05) is 19.8 Å². The van der Waals surface area contributed by atoms with Gasteiger partial charge in [-0.2, -0.15) is 0 Å². The number of fused-ring (bicyclic) bond motifs is 1. The molecule has 1 aromatic heterocycles. The lowest BCUT2D eigenvalue weighted by atomic mass is 10.0.